The molecule has 5 nitrogen and oxygen atoms in total. The van der Waals surface area contributed by atoms with Crippen LogP contribution in [0.1, 0.15) is 16.1 Å². The molecule has 0 saturated carbocycles. The molecule has 0 fully saturated rings. The lowest BCUT2D eigenvalue weighted by molar-refractivity contribution is 0.102. The van der Waals surface area contributed by atoms with Crippen LogP contribution in [0.15, 0.2) is 24.3 Å². The molecule has 19 heavy (non-hydrogen) atoms. The number of carbonyl (C=O) groups excluding carboxylic acids is 1. The minimum absolute atomic E-state index is 0.288. The third kappa shape index (κ3) is 2.71. The summed E-state index contributed by atoms with van der Waals surface area (Å²) in [6.45, 7) is 1.74. The minimum Gasteiger partial charge on any atom is -0.497 e. The zero-order valence-corrected chi connectivity index (χ0v) is 11.7. The number of halogens is 1. The van der Waals surface area contributed by atoms with Gasteiger partial charge in [-0.2, -0.15) is 5.10 Å². The van der Waals surface area contributed by atoms with E-state index in [0.717, 1.165) is 0 Å². The van der Waals surface area contributed by atoms with Gasteiger partial charge in [0.1, 0.15) is 10.9 Å². The van der Waals surface area contributed by atoms with E-state index in [1.165, 1.54) is 4.68 Å². The van der Waals surface area contributed by atoms with E-state index in [4.69, 9.17) is 16.3 Å². The normalized spacial score (nSPS) is 10.3. The molecule has 0 radical (unpaired) electrons. The Kier molecular flexibility index (Phi) is 3.76. The number of aryl methyl sites for hydroxylation is 2. The van der Waals surface area contributed by atoms with E-state index < -0.39 is 0 Å². The summed E-state index contributed by atoms with van der Waals surface area (Å²) < 4.78 is 6.57. The van der Waals surface area contributed by atoms with Gasteiger partial charge in [0.2, 0.25) is 0 Å². The Morgan fingerprint density at radius 1 is 1.47 bits per heavy atom. The number of anilines is 1. The van der Waals surface area contributed by atoms with E-state index >= 15 is 0 Å². The number of benzene rings is 1. The average Bonchev–Trinajstić information content (AvgIpc) is 2.63. The standard InChI is InChI=1S/C13H14ClN3O2/c1-8-11(12(14)17(2)16-8)13(18)15-9-5-4-6-10(7-9)19-3/h4-7H,1-3H3,(H,15,18). The quantitative estimate of drug-likeness (QED) is 0.940. The maximum atomic E-state index is 12.2. The van der Waals surface area contributed by atoms with Crippen molar-refractivity contribution in [2.75, 3.05) is 12.4 Å². The largest absolute Gasteiger partial charge is 0.497 e. The molecule has 0 saturated heterocycles. The molecule has 1 aromatic heterocycles. The van der Waals surface area contributed by atoms with Crippen LogP contribution >= 0.6 is 11.6 Å². The fourth-order valence-electron chi connectivity index (χ4n) is 1.78. The van der Waals surface area contributed by atoms with Gasteiger partial charge >= 0.3 is 0 Å². The van der Waals surface area contributed by atoms with E-state index in [1.807, 2.05) is 0 Å². The van der Waals surface area contributed by atoms with Gasteiger partial charge < -0.3 is 10.1 Å². The van der Waals surface area contributed by atoms with Crippen molar-refractivity contribution >= 4 is 23.2 Å². The molecular formula is C13H14ClN3O2. The molecule has 1 amide bonds. The van der Waals surface area contributed by atoms with Crippen molar-refractivity contribution in [1.82, 2.24) is 9.78 Å². The number of nitrogens with zero attached hydrogens (tertiary/aromatic N) is 2. The second-order valence-electron chi connectivity index (χ2n) is 4.06. The maximum Gasteiger partial charge on any atom is 0.260 e. The van der Waals surface area contributed by atoms with E-state index in [2.05, 4.69) is 10.4 Å². The summed E-state index contributed by atoms with van der Waals surface area (Å²) in [5, 5.41) is 7.19. The first kappa shape index (κ1) is 13.4. The minimum atomic E-state index is -0.288. The van der Waals surface area contributed by atoms with Gasteiger partial charge in [0.15, 0.2) is 0 Å². The summed E-state index contributed by atoms with van der Waals surface area (Å²) >= 11 is 6.05. The Balaban J connectivity index is 2.25. The van der Waals surface area contributed by atoms with Crippen LogP contribution in [0, 0.1) is 6.92 Å². The van der Waals surface area contributed by atoms with Gasteiger partial charge in [0.25, 0.3) is 5.91 Å². The molecule has 2 rings (SSSR count). The second kappa shape index (κ2) is 5.32. The van der Waals surface area contributed by atoms with Crippen molar-refractivity contribution in [3.63, 3.8) is 0 Å². The maximum absolute atomic E-state index is 12.2. The van der Waals surface area contributed by atoms with Crippen LogP contribution in [0.3, 0.4) is 0 Å². The van der Waals surface area contributed by atoms with Crippen LogP contribution in [0.2, 0.25) is 5.15 Å². The predicted octanol–water partition coefficient (Wildman–Crippen LogP) is 2.64. The predicted molar refractivity (Wildman–Crippen MR) is 73.9 cm³/mol. The van der Waals surface area contributed by atoms with Crippen molar-refractivity contribution in [1.29, 1.82) is 0 Å². The van der Waals surface area contributed by atoms with Gasteiger partial charge in [-0.3, -0.25) is 9.48 Å². The number of rotatable bonds is 3. The highest BCUT2D eigenvalue weighted by Gasteiger charge is 2.18. The van der Waals surface area contributed by atoms with Gasteiger partial charge in [0.05, 0.1) is 18.4 Å². The summed E-state index contributed by atoms with van der Waals surface area (Å²) in [5.41, 5.74) is 1.61. The number of hydrogen-bond acceptors (Lipinski definition) is 3. The number of amides is 1. The van der Waals surface area contributed by atoms with Crippen LogP contribution in [0.25, 0.3) is 0 Å². The smallest absolute Gasteiger partial charge is 0.260 e. The molecule has 0 aliphatic heterocycles. The van der Waals surface area contributed by atoms with Crippen LogP contribution in [0.5, 0.6) is 5.75 Å². The molecule has 0 bridgehead atoms. The Morgan fingerprint density at radius 2 is 2.21 bits per heavy atom. The van der Waals surface area contributed by atoms with Gasteiger partial charge in [0, 0.05) is 18.8 Å². The van der Waals surface area contributed by atoms with E-state index in [0.29, 0.717) is 27.8 Å². The molecule has 1 N–H and O–H groups in total. The zero-order chi connectivity index (χ0) is 14.0. The van der Waals surface area contributed by atoms with Crippen molar-refractivity contribution in [3.05, 3.63) is 40.7 Å². The average molecular weight is 280 g/mol. The molecule has 1 aromatic carbocycles. The highest BCUT2D eigenvalue weighted by atomic mass is 35.5. The van der Waals surface area contributed by atoms with Crippen molar-refractivity contribution in [2.45, 2.75) is 6.92 Å². The van der Waals surface area contributed by atoms with Crippen LogP contribution in [-0.4, -0.2) is 22.8 Å². The Bertz CT molecular complexity index is 622. The lowest BCUT2D eigenvalue weighted by Gasteiger charge is -2.06. The fourth-order valence-corrected chi connectivity index (χ4v) is 2.04. The third-order valence-electron chi connectivity index (χ3n) is 2.71. The number of carbonyl (C=O) groups is 1. The second-order valence-corrected chi connectivity index (χ2v) is 4.42. The highest BCUT2D eigenvalue weighted by molar-refractivity contribution is 6.33. The summed E-state index contributed by atoms with van der Waals surface area (Å²) in [6, 6.07) is 7.11. The van der Waals surface area contributed by atoms with Gasteiger partial charge in [-0.15, -0.1) is 0 Å². The van der Waals surface area contributed by atoms with Crippen molar-refractivity contribution in [3.8, 4) is 5.75 Å². The summed E-state index contributed by atoms with van der Waals surface area (Å²) in [6.07, 6.45) is 0. The molecule has 1 heterocycles. The molecule has 0 spiro atoms. The Morgan fingerprint density at radius 3 is 2.79 bits per heavy atom. The number of nitrogens with one attached hydrogen (secondary N) is 1. The summed E-state index contributed by atoms with van der Waals surface area (Å²) in [4.78, 5) is 12.2. The van der Waals surface area contributed by atoms with Gasteiger partial charge in [-0.05, 0) is 19.1 Å². The van der Waals surface area contributed by atoms with Crippen LogP contribution in [0.4, 0.5) is 5.69 Å². The monoisotopic (exact) mass is 279 g/mol. The zero-order valence-electron chi connectivity index (χ0n) is 10.9. The fraction of sp³-hybridized carbons (Fsp3) is 0.231. The molecule has 0 atom stereocenters. The number of hydrogen-bond donors (Lipinski definition) is 1. The molecule has 0 aliphatic rings. The molecule has 0 aliphatic carbocycles. The lowest BCUT2D eigenvalue weighted by atomic mass is 10.2. The topological polar surface area (TPSA) is 56.1 Å². The Labute approximate surface area is 116 Å². The van der Waals surface area contributed by atoms with Gasteiger partial charge in [-0.25, -0.2) is 0 Å². The van der Waals surface area contributed by atoms with Crippen molar-refractivity contribution in [2.24, 2.45) is 7.05 Å². The highest BCUT2D eigenvalue weighted by Crippen LogP contribution is 2.22. The Hall–Kier alpha value is -2.01. The summed E-state index contributed by atoms with van der Waals surface area (Å²) in [5.74, 6) is 0.385. The first-order valence-electron chi connectivity index (χ1n) is 5.67. The van der Waals surface area contributed by atoms with Crippen LogP contribution < -0.4 is 10.1 Å². The van der Waals surface area contributed by atoms with Crippen molar-refractivity contribution < 1.29 is 9.53 Å². The SMILES string of the molecule is COc1cccc(NC(=O)c2c(C)nn(C)c2Cl)c1. The molecule has 2 aromatic rings. The lowest BCUT2D eigenvalue weighted by Crippen LogP contribution is -2.13. The first-order chi connectivity index (χ1) is 9.02. The molecule has 100 valence electrons. The first-order valence-corrected chi connectivity index (χ1v) is 6.05. The third-order valence-corrected chi connectivity index (χ3v) is 3.14. The molecule has 6 heteroatoms. The molecule has 0 unspecified atom stereocenters. The molecular weight excluding hydrogens is 266 g/mol. The summed E-state index contributed by atoms with van der Waals surface area (Å²) in [7, 11) is 3.26. The number of aromatic nitrogens is 2. The van der Waals surface area contributed by atoms with Crippen LogP contribution in [-0.2, 0) is 7.05 Å². The van der Waals surface area contributed by atoms with Gasteiger partial charge in [-0.1, -0.05) is 17.7 Å². The van der Waals surface area contributed by atoms with E-state index in [1.54, 1.807) is 45.3 Å². The van der Waals surface area contributed by atoms with E-state index in [-0.39, 0.29) is 5.91 Å². The van der Waals surface area contributed by atoms with E-state index in [9.17, 15) is 4.79 Å². The number of ether oxygens (including phenoxy) is 1. The number of methoxy groups -OCH3 is 1.